The zero-order valence-corrected chi connectivity index (χ0v) is 19.2. The van der Waals surface area contributed by atoms with Crippen LogP contribution in [-0.2, 0) is 12.2 Å². The summed E-state index contributed by atoms with van der Waals surface area (Å²) in [5.74, 6) is 2.34. The molecule has 0 radical (unpaired) electrons. The van der Waals surface area contributed by atoms with Crippen LogP contribution < -0.4 is 0 Å². The fraction of sp³-hybridized carbons (Fsp3) is 0.160. The third-order valence-corrected chi connectivity index (χ3v) is 6.07. The van der Waals surface area contributed by atoms with Gasteiger partial charge in [0.2, 0.25) is 11.8 Å². The molecule has 3 aromatic heterocycles. The average Bonchev–Trinajstić information content (AvgIpc) is 3.46. The van der Waals surface area contributed by atoms with Crippen LogP contribution in [0.4, 0.5) is 0 Å². The molecule has 7 nitrogen and oxygen atoms in total. The van der Waals surface area contributed by atoms with E-state index in [1.54, 1.807) is 6.20 Å². The first kappa shape index (κ1) is 21.1. The molecule has 0 aliphatic rings. The van der Waals surface area contributed by atoms with Crippen molar-refractivity contribution in [2.45, 2.75) is 31.2 Å². The number of benzene rings is 2. The summed E-state index contributed by atoms with van der Waals surface area (Å²) in [6.45, 7) is 4.17. The van der Waals surface area contributed by atoms with Crippen molar-refractivity contribution in [3.05, 3.63) is 101 Å². The Balaban J connectivity index is 1.42. The fourth-order valence-electron chi connectivity index (χ4n) is 3.61. The van der Waals surface area contributed by atoms with Crippen molar-refractivity contribution < 1.29 is 4.42 Å². The number of nitrogens with zero attached hydrogens (tertiary/aromatic N) is 6. The van der Waals surface area contributed by atoms with Gasteiger partial charge in [-0.1, -0.05) is 65.9 Å². The molecule has 8 heteroatoms. The molecular formula is C25H22N6OS. The van der Waals surface area contributed by atoms with Gasteiger partial charge in [-0.3, -0.25) is 9.55 Å². The van der Waals surface area contributed by atoms with Crippen LogP contribution >= 0.6 is 11.8 Å². The van der Waals surface area contributed by atoms with Crippen molar-refractivity contribution in [3.63, 3.8) is 0 Å². The van der Waals surface area contributed by atoms with E-state index >= 15 is 0 Å². The molecule has 5 rings (SSSR count). The monoisotopic (exact) mass is 454 g/mol. The quantitative estimate of drug-likeness (QED) is 0.312. The van der Waals surface area contributed by atoms with E-state index in [0.29, 0.717) is 29.8 Å². The average molecular weight is 455 g/mol. The van der Waals surface area contributed by atoms with Crippen LogP contribution in [0.3, 0.4) is 0 Å². The lowest BCUT2D eigenvalue weighted by atomic mass is 10.1. The van der Waals surface area contributed by atoms with Gasteiger partial charge in [0.25, 0.3) is 0 Å². The molecule has 33 heavy (non-hydrogen) atoms. The maximum absolute atomic E-state index is 5.87. The van der Waals surface area contributed by atoms with Crippen LogP contribution in [0.2, 0.25) is 0 Å². The highest BCUT2D eigenvalue weighted by molar-refractivity contribution is 7.98. The third kappa shape index (κ3) is 4.70. The van der Waals surface area contributed by atoms with Crippen LogP contribution in [0.25, 0.3) is 17.2 Å². The molecular weight excluding hydrogens is 432 g/mol. The Morgan fingerprint density at radius 2 is 1.67 bits per heavy atom. The van der Waals surface area contributed by atoms with E-state index < -0.39 is 0 Å². The Labute approximate surface area is 195 Å². The maximum atomic E-state index is 5.87. The smallest absolute Gasteiger partial charge is 0.226 e. The van der Waals surface area contributed by atoms with Gasteiger partial charge in [0.1, 0.15) is 5.69 Å². The summed E-state index contributed by atoms with van der Waals surface area (Å²) in [5.41, 5.74) is 5.25. The standard InChI is InChI=1S/C25H22N6OS/c1-17-11-12-21(18(2)14-17)31-24(20-10-6-7-13-26-20)29-30-25(31)33-16-23-28-27-22(32-23)15-19-8-4-3-5-9-19/h3-14H,15-16H2,1-2H3. The molecule has 0 bridgehead atoms. The topological polar surface area (TPSA) is 82.5 Å². The Hall–Kier alpha value is -3.78. The van der Waals surface area contributed by atoms with E-state index in [1.807, 2.05) is 53.1 Å². The molecule has 0 aliphatic carbocycles. The molecule has 2 aromatic carbocycles. The molecule has 5 aromatic rings. The maximum Gasteiger partial charge on any atom is 0.226 e. The lowest BCUT2D eigenvalue weighted by molar-refractivity contribution is 0.474. The lowest BCUT2D eigenvalue weighted by Gasteiger charge is -2.13. The molecule has 0 fully saturated rings. The van der Waals surface area contributed by atoms with Crippen molar-refractivity contribution in [2.24, 2.45) is 0 Å². The van der Waals surface area contributed by atoms with E-state index in [2.05, 4.69) is 57.4 Å². The van der Waals surface area contributed by atoms with Gasteiger partial charge in [-0.15, -0.1) is 20.4 Å². The number of aryl methyl sites for hydroxylation is 2. The minimum absolute atomic E-state index is 0.493. The predicted octanol–water partition coefficient (Wildman–Crippen LogP) is 5.21. The second kappa shape index (κ2) is 9.38. The number of rotatable bonds is 7. The van der Waals surface area contributed by atoms with Gasteiger partial charge >= 0.3 is 0 Å². The van der Waals surface area contributed by atoms with Crippen molar-refractivity contribution in [3.8, 4) is 17.2 Å². The fourth-order valence-corrected chi connectivity index (χ4v) is 4.39. The largest absolute Gasteiger partial charge is 0.424 e. The molecule has 0 unspecified atom stereocenters. The van der Waals surface area contributed by atoms with Gasteiger partial charge in [-0.2, -0.15) is 0 Å². The highest BCUT2D eigenvalue weighted by Gasteiger charge is 2.19. The number of pyridine rings is 1. The molecule has 0 N–H and O–H groups in total. The third-order valence-electron chi connectivity index (χ3n) is 5.15. The molecule has 0 amide bonds. The number of aromatic nitrogens is 6. The summed E-state index contributed by atoms with van der Waals surface area (Å²) in [7, 11) is 0. The van der Waals surface area contributed by atoms with Crippen LogP contribution in [-0.4, -0.2) is 29.9 Å². The molecule has 0 atom stereocenters. The summed E-state index contributed by atoms with van der Waals surface area (Å²) in [6, 6.07) is 22.2. The summed E-state index contributed by atoms with van der Waals surface area (Å²) >= 11 is 1.51. The van der Waals surface area contributed by atoms with Gasteiger partial charge in [0.15, 0.2) is 11.0 Å². The highest BCUT2D eigenvalue weighted by atomic mass is 32.2. The second-order valence-electron chi connectivity index (χ2n) is 7.69. The molecule has 0 spiro atoms. The van der Waals surface area contributed by atoms with Gasteiger partial charge in [0.05, 0.1) is 17.9 Å². The van der Waals surface area contributed by atoms with Gasteiger partial charge in [-0.25, -0.2) is 0 Å². The molecule has 3 heterocycles. The summed E-state index contributed by atoms with van der Waals surface area (Å²) in [6.07, 6.45) is 2.37. The Morgan fingerprint density at radius 3 is 2.45 bits per heavy atom. The molecule has 164 valence electrons. The van der Waals surface area contributed by atoms with Crippen molar-refractivity contribution in [2.75, 3.05) is 0 Å². The van der Waals surface area contributed by atoms with Crippen LogP contribution in [0.15, 0.2) is 82.5 Å². The van der Waals surface area contributed by atoms with E-state index in [0.717, 1.165) is 27.7 Å². The first-order chi connectivity index (χ1) is 16.2. The Morgan fingerprint density at radius 1 is 0.848 bits per heavy atom. The summed E-state index contributed by atoms with van der Waals surface area (Å²) in [5, 5.41) is 18.1. The second-order valence-corrected chi connectivity index (χ2v) is 8.63. The van der Waals surface area contributed by atoms with Crippen LogP contribution in [0, 0.1) is 13.8 Å². The van der Waals surface area contributed by atoms with Crippen LogP contribution in [0.5, 0.6) is 0 Å². The van der Waals surface area contributed by atoms with Gasteiger partial charge in [-0.05, 0) is 43.2 Å². The molecule has 0 aliphatic heterocycles. The van der Waals surface area contributed by atoms with E-state index in [-0.39, 0.29) is 0 Å². The number of hydrogen-bond donors (Lipinski definition) is 0. The minimum Gasteiger partial charge on any atom is -0.424 e. The lowest BCUT2D eigenvalue weighted by Crippen LogP contribution is -2.03. The number of thioether (sulfide) groups is 1. The predicted molar refractivity (Wildman–Crippen MR) is 127 cm³/mol. The SMILES string of the molecule is Cc1ccc(-n2c(SCc3nnc(Cc4ccccc4)o3)nnc2-c2ccccn2)c(C)c1. The van der Waals surface area contributed by atoms with Gasteiger partial charge in [0, 0.05) is 6.20 Å². The summed E-state index contributed by atoms with van der Waals surface area (Å²) in [4.78, 5) is 4.48. The molecule has 0 saturated carbocycles. The van der Waals surface area contributed by atoms with E-state index in [4.69, 9.17) is 4.42 Å². The number of hydrogen-bond acceptors (Lipinski definition) is 7. The van der Waals surface area contributed by atoms with Gasteiger partial charge < -0.3 is 4.42 Å². The highest BCUT2D eigenvalue weighted by Crippen LogP contribution is 2.30. The Kier molecular flexibility index (Phi) is 5.99. The Bertz CT molecular complexity index is 1360. The zero-order chi connectivity index (χ0) is 22.6. The first-order valence-corrected chi connectivity index (χ1v) is 11.6. The van der Waals surface area contributed by atoms with E-state index in [1.165, 1.54) is 17.3 Å². The summed E-state index contributed by atoms with van der Waals surface area (Å²) < 4.78 is 7.92. The minimum atomic E-state index is 0.493. The van der Waals surface area contributed by atoms with Crippen molar-refractivity contribution >= 4 is 11.8 Å². The van der Waals surface area contributed by atoms with Crippen molar-refractivity contribution in [1.82, 2.24) is 29.9 Å². The first-order valence-electron chi connectivity index (χ1n) is 10.6. The van der Waals surface area contributed by atoms with Crippen LogP contribution in [0.1, 0.15) is 28.5 Å². The normalized spacial score (nSPS) is 11.1. The van der Waals surface area contributed by atoms with Crippen molar-refractivity contribution in [1.29, 1.82) is 0 Å². The van der Waals surface area contributed by atoms with E-state index in [9.17, 15) is 0 Å². The molecule has 0 saturated heterocycles. The zero-order valence-electron chi connectivity index (χ0n) is 18.3.